The van der Waals surface area contributed by atoms with Crippen LogP contribution in [0.1, 0.15) is 23.7 Å². The number of carboxylic acid groups (broad SMARTS) is 1. The van der Waals surface area contributed by atoms with Crippen LogP contribution in [0.2, 0.25) is 0 Å². The molecule has 0 aromatic heterocycles. The molecule has 1 rings (SSSR count). The Morgan fingerprint density at radius 1 is 1.55 bits per heavy atom. The van der Waals surface area contributed by atoms with Crippen molar-refractivity contribution in [2.24, 2.45) is 0 Å². The number of nitrogens with one attached hydrogen (secondary N) is 1. The molecule has 0 fully saturated rings. The second kappa shape index (κ2) is 6.99. The van der Waals surface area contributed by atoms with Crippen LogP contribution >= 0.6 is 0 Å². The Morgan fingerprint density at radius 3 is 2.70 bits per heavy atom. The van der Waals surface area contributed by atoms with E-state index in [1.807, 2.05) is 0 Å². The van der Waals surface area contributed by atoms with Gasteiger partial charge in [0.15, 0.2) is 0 Å². The molecule has 20 heavy (non-hydrogen) atoms. The summed E-state index contributed by atoms with van der Waals surface area (Å²) < 4.78 is 11.2. The van der Waals surface area contributed by atoms with E-state index >= 15 is 0 Å². The van der Waals surface area contributed by atoms with Crippen LogP contribution in [-0.2, 0) is 10.8 Å². The predicted molar refractivity (Wildman–Crippen MR) is 76.7 cm³/mol. The highest BCUT2D eigenvalue weighted by Crippen LogP contribution is 2.28. The second-order valence-corrected chi connectivity index (χ2v) is 6.09. The maximum absolute atomic E-state index is 11.2. The molecule has 0 aliphatic carbocycles. The van der Waals surface area contributed by atoms with Crippen molar-refractivity contribution in [3.63, 3.8) is 0 Å². The van der Waals surface area contributed by atoms with Crippen LogP contribution in [0.5, 0.6) is 0 Å². The quantitative estimate of drug-likeness (QED) is 0.587. The molecule has 1 aromatic rings. The number of benzene rings is 1. The van der Waals surface area contributed by atoms with Gasteiger partial charge >= 0.3 is 5.97 Å². The molecule has 0 saturated heterocycles. The lowest BCUT2D eigenvalue weighted by atomic mass is 10.1. The summed E-state index contributed by atoms with van der Waals surface area (Å²) in [7, 11) is -0.987. The summed E-state index contributed by atoms with van der Waals surface area (Å²) in [5.74, 6) is -1.23. The van der Waals surface area contributed by atoms with Crippen LogP contribution in [0.15, 0.2) is 18.2 Å². The van der Waals surface area contributed by atoms with Gasteiger partial charge in [-0.3, -0.25) is 14.3 Å². The van der Waals surface area contributed by atoms with Crippen molar-refractivity contribution in [2.45, 2.75) is 18.6 Å². The summed E-state index contributed by atoms with van der Waals surface area (Å²) in [5.41, 5.74) is -0.446. The normalized spacial score (nSPS) is 13.5. The average molecular weight is 300 g/mol. The van der Waals surface area contributed by atoms with Crippen molar-refractivity contribution >= 4 is 28.1 Å². The smallest absolute Gasteiger partial charge is 0.338 e. The zero-order chi connectivity index (χ0) is 15.3. The third-order valence-electron chi connectivity index (χ3n) is 2.89. The number of aromatic carboxylic acids is 1. The summed E-state index contributed by atoms with van der Waals surface area (Å²) in [6, 6.07) is 3.88. The van der Waals surface area contributed by atoms with Crippen LogP contribution < -0.4 is 5.32 Å². The number of carbonyl (C=O) groups is 1. The number of para-hydroxylation sites is 1. The van der Waals surface area contributed by atoms with E-state index in [1.165, 1.54) is 18.2 Å². The highest BCUT2D eigenvalue weighted by atomic mass is 32.2. The van der Waals surface area contributed by atoms with Crippen LogP contribution in [0.25, 0.3) is 0 Å². The Labute approximate surface area is 118 Å². The Balaban J connectivity index is 2.94. The number of hydrogen-bond acceptors (Lipinski definition) is 5. The van der Waals surface area contributed by atoms with Crippen molar-refractivity contribution in [2.75, 3.05) is 18.1 Å². The van der Waals surface area contributed by atoms with E-state index in [9.17, 15) is 19.1 Å². The first kappa shape index (κ1) is 16.1. The van der Waals surface area contributed by atoms with Gasteiger partial charge in [-0.15, -0.1) is 0 Å². The van der Waals surface area contributed by atoms with Crippen LogP contribution in [-0.4, -0.2) is 38.3 Å². The zero-order valence-corrected chi connectivity index (χ0v) is 12.0. The molecule has 2 unspecified atom stereocenters. The molecule has 8 heteroatoms. The Bertz CT molecular complexity index is 514. The number of nitro benzene ring substituents is 1. The standard InChI is InChI=1S/C12H16N2O5S/c1-8(20(2)19)6-7-13-11-9(12(15)16)4-3-5-10(11)14(17)18/h3-5,8,13H,6-7H2,1-2H3,(H,15,16). The van der Waals surface area contributed by atoms with E-state index in [1.54, 1.807) is 13.2 Å². The van der Waals surface area contributed by atoms with E-state index in [0.29, 0.717) is 13.0 Å². The fourth-order valence-corrected chi connectivity index (χ4v) is 2.07. The summed E-state index contributed by atoms with van der Waals surface area (Å²) in [6.07, 6.45) is 2.10. The third-order valence-corrected chi connectivity index (χ3v) is 4.26. The number of nitrogens with zero attached hydrogens (tertiary/aromatic N) is 1. The fraction of sp³-hybridized carbons (Fsp3) is 0.417. The van der Waals surface area contributed by atoms with Crippen LogP contribution in [0.3, 0.4) is 0 Å². The summed E-state index contributed by atoms with van der Waals surface area (Å²) in [4.78, 5) is 21.4. The van der Waals surface area contributed by atoms with Gasteiger partial charge in [-0.05, 0) is 12.5 Å². The average Bonchev–Trinajstić information content (AvgIpc) is 2.37. The minimum atomic E-state index is -1.23. The summed E-state index contributed by atoms with van der Waals surface area (Å²) >= 11 is 0. The Hall–Kier alpha value is -1.96. The molecule has 0 saturated carbocycles. The number of rotatable bonds is 7. The summed E-state index contributed by atoms with van der Waals surface area (Å²) in [6.45, 7) is 2.11. The number of nitro groups is 1. The molecule has 0 bridgehead atoms. The molecule has 2 atom stereocenters. The molecular formula is C12H16N2O5S. The first-order chi connectivity index (χ1) is 9.34. The predicted octanol–water partition coefficient (Wildman–Crippen LogP) is 1.86. The number of hydrogen-bond donors (Lipinski definition) is 2. The monoisotopic (exact) mass is 300 g/mol. The molecule has 2 N–H and O–H groups in total. The third kappa shape index (κ3) is 4.02. The number of anilines is 1. The van der Waals surface area contributed by atoms with E-state index in [-0.39, 0.29) is 22.2 Å². The molecule has 7 nitrogen and oxygen atoms in total. The molecule has 0 spiro atoms. The topological polar surface area (TPSA) is 110 Å². The van der Waals surface area contributed by atoms with Gasteiger partial charge < -0.3 is 10.4 Å². The second-order valence-electron chi connectivity index (χ2n) is 4.29. The highest BCUT2D eigenvalue weighted by Gasteiger charge is 2.21. The van der Waals surface area contributed by atoms with Gasteiger partial charge in [0, 0.05) is 34.9 Å². The van der Waals surface area contributed by atoms with E-state index in [4.69, 9.17) is 5.11 Å². The van der Waals surface area contributed by atoms with Gasteiger partial charge in [0.05, 0.1) is 10.5 Å². The van der Waals surface area contributed by atoms with Crippen molar-refractivity contribution in [3.05, 3.63) is 33.9 Å². The Kier molecular flexibility index (Phi) is 5.63. The van der Waals surface area contributed by atoms with E-state index in [0.717, 1.165) is 0 Å². The maximum atomic E-state index is 11.2. The van der Waals surface area contributed by atoms with Gasteiger partial charge in [0.25, 0.3) is 5.69 Å². The van der Waals surface area contributed by atoms with Crippen LogP contribution in [0.4, 0.5) is 11.4 Å². The largest absolute Gasteiger partial charge is 0.478 e. The lowest BCUT2D eigenvalue weighted by Gasteiger charge is -2.12. The molecule has 0 heterocycles. The van der Waals surface area contributed by atoms with Crippen molar-refractivity contribution in [1.29, 1.82) is 0 Å². The minimum absolute atomic E-state index is 0.0147. The highest BCUT2D eigenvalue weighted by molar-refractivity contribution is 7.84. The molecule has 1 aromatic carbocycles. The van der Waals surface area contributed by atoms with Gasteiger partial charge in [-0.1, -0.05) is 13.0 Å². The zero-order valence-electron chi connectivity index (χ0n) is 11.2. The minimum Gasteiger partial charge on any atom is -0.478 e. The van der Waals surface area contributed by atoms with E-state index < -0.39 is 21.7 Å². The first-order valence-corrected chi connectivity index (χ1v) is 7.53. The summed E-state index contributed by atoms with van der Waals surface area (Å²) in [5, 5.41) is 22.7. The maximum Gasteiger partial charge on any atom is 0.338 e. The lowest BCUT2D eigenvalue weighted by Crippen LogP contribution is -2.16. The van der Waals surface area contributed by atoms with Crippen molar-refractivity contribution in [1.82, 2.24) is 0 Å². The molecule has 0 aliphatic heterocycles. The van der Waals surface area contributed by atoms with E-state index in [2.05, 4.69) is 5.32 Å². The van der Waals surface area contributed by atoms with Crippen LogP contribution in [0, 0.1) is 10.1 Å². The molecule has 0 amide bonds. The lowest BCUT2D eigenvalue weighted by molar-refractivity contribution is -0.384. The molecule has 0 radical (unpaired) electrons. The van der Waals surface area contributed by atoms with Gasteiger partial charge in [0.2, 0.25) is 0 Å². The molecule has 110 valence electrons. The SMILES string of the molecule is CC(CCNc1c(C(=O)O)cccc1[N+](=O)[O-])S(C)=O. The van der Waals surface area contributed by atoms with Crippen molar-refractivity contribution in [3.8, 4) is 0 Å². The van der Waals surface area contributed by atoms with Gasteiger partial charge in [-0.25, -0.2) is 4.79 Å². The molecular weight excluding hydrogens is 284 g/mol. The molecule has 0 aliphatic rings. The Morgan fingerprint density at radius 2 is 2.20 bits per heavy atom. The van der Waals surface area contributed by atoms with Gasteiger partial charge in [-0.2, -0.15) is 0 Å². The fourth-order valence-electron chi connectivity index (χ4n) is 1.62. The first-order valence-electron chi connectivity index (χ1n) is 5.91. The number of carboxylic acids is 1. The van der Waals surface area contributed by atoms with Gasteiger partial charge in [0.1, 0.15) is 5.69 Å². The van der Waals surface area contributed by atoms with Crippen molar-refractivity contribution < 1.29 is 19.0 Å².